The molecule has 1 aromatic heterocycles. The average molecular weight is 259 g/mol. The summed E-state index contributed by atoms with van der Waals surface area (Å²) < 4.78 is 0. The molecule has 18 heavy (non-hydrogen) atoms. The van der Waals surface area contributed by atoms with E-state index >= 15 is 0 Å². The first kappa shape index (κ1) is 11.9. The molecule has 1 aliphatic rings. The first-order chi connectivity index (χ1) is 8.75. The minimum atomic E-state index is -0.530. The van der Waals surface area contributed by atoms with Crippen molar-refractivity contribution in [2.45, 2.75) is 38.2 Å². The second kappa shape index (κ2) is 4.82. The van der Waals surface area contributed by atoms with Gasteiger partial charge in [-0.05, 0) is 36.8 Å². The molecule has 3 heteroatoms. The average Bonchev–Trinajstić information content (AvgIpc) is 2.73. The summed E-state index contributed by atoms with van der Waals surface area (Å²) >= 11 is 1.53. The molecule has 0 amide bonds. The van der Waals surface area contributed by atoms with Crippen LogP contribution >= 0.6 is 11.3 Å². The van der Waals surface area contributed by atoms with Crippen molar-refractivity contribution in [2.24, 2.45) is 0 Å². The summed E-state index contributed by atoms with van der Waals surface area (Å²) in [4.78, 5) is 5.17. The van der Waals surface area contributed by atoms with Crippen LogP contribution in [0.3, 0.4) is 0 Å². The first-order valence-electron chi connectivity index (χ1n) is 6.43. The summed E-state index contributed by atoms with van der Waals surface area (Å²) in [5.74, 6) is 0.708. The lowest BCUT2D eigenvalue weighted by Gasteiger charge is -2.26. The van der Waals surface area contributed by atoms with Gasteiger partial charge < -0.3 is 5.11 Å². The topological polar surface area (TPSA) is 33.1 Å². The molecular formula is C15H17NOS. The fraction of sp³-hybridized carbons (Fsp3) is 0.400. The van der Waals surface area contributed by atoms with Crippen LogP contribution in [0, 0.1) is 6.92 Å². The Kier molecular flexibility index (Phi) is 3.18. The Morgan fingerprint density at radius 2 is 2.22 bits per heavy atom. The molecular weight excluding hydrogens is 242 g/mol. The molecule has 94 valence electrons. The standard InChI is InChI=1S/C15H17NOS/c1-10-15(18-9-16-10)14(17)13-7-3-6-12(8-13)11-4-2-5-11/h3,6-9,11,14,17H,2,4-5H2,1H3. The molecule has 1 aliphatic carbocycles. The number of hydrogen-bond acceptors (Lipinski definition) is 3. The number of nitrogens with zero attached hydrogens (tertiary/aromatic N) is 1. The van der Waals surface area contributed by atoms with Crippen LogP contribution in [0.4, 0.5) is 0 Å². The van der Waals surface area contributed by atoms with Gasteiger partial charge in [0.25, 0.3) is 0 Å². The zero-order valence-electron chi connectivity index (χ0n) is 10.5. The third-order valence-electron chi connectivity index (χ3n) is 3.83. The number of hydrogen-bond donors (Lipinski definition) is 1. The van der Waals surface area contributed by atoms with Crippen molar-refractivity contribution < 1.29 is 5.11 Å². The van der Waals surface area contributed by atoms with Crippen molar-refractivity contribution in [1.29, 1.82) is 0 Å². The Hall–Kier alpha value is -1.19. The molecule has 1 saturated carbocycles. The van der Waals surface area contributed by atoms with Gasteiger partial charge in [0, 0.05) is 0 Å². The van der Waals surface area contributed by atoms with E-state index in [4.69, 9.17) is 0 Å². The van der Waals surface area contributed by atoms with Crippen molar-refractivity contribution >= 4 is 11.3 Å². The molecule has 1 N–H and O–H groups in total. The molecule has 0 radical (unpaired) electrons. The Bertz CT molecular complexity index is 545. The van der Waals surface area contributed by atoms with Gasteiger partial charge in [0.15, 0.2) is 0 Å². The van der Waals surface area contributed by atoms with E-state index in [-0.39, 0.29) is 0 Å². The third-order valence-corrected chi connectivity index (χ3v) is 4.82. The van der Waals surface area contributed by atoms with E-state index < -0.39 is 6.10 Å². The summed E-state index contributed by atoms with van der Waals surface area (Å²) in [6.07, 6.45) is 3.39. The van der Waals surface area contributed by atoms with Gasteiger partial charge in [-0.1, -0.05) is 30.7 Å². The lowest BCUT2D eigenvalue weighted by Crippen LogP contribution is -2.09. The lowest BCUT2D eigenvalue weighted by molar-refractivity contribution is 0.223. The van der Waals surface area contributed by atoms with E-state index in [2.05, 4.69) is 23.2 Å². The Balaban J connectivity index is 1.89. The molecule has 0 spiro atoms. The highest BCUT2D eigenvalue weighted by molar-refractivity contribution is 7.09. The summed E-state index contributed by atoms with van der Waals surface area (Å²) in [6, 6.07) is 8.40. The smallest absolute Gasteiger partial charge is 0.115 e. The monoisotopic (exact) mass is 259 g/mol. The second-order valence-corrected chi connectivity index (χ2v) is 5.89. The molecule has 2 aromatic rings. The Morgan fingerprint density at radius 1 is 1.39 bits per heavy atom. The lowest BCUT2D eigenvalue weighted by atomic mass is 9.79. The number of aromatic nitrogens is 1. The highest BCUT2D eigenvalue weighted by atomic mass is 32.1. The Morgan fingerprint density at radius 3 is 2.83 bits per heavy atom. The van der Waals surface area contributed by atoms with Crippen molar-refractivity contribution in [2.75, 3.05) is 0 Å². The van der Waals surface area contributed by atoms with E-state index in [0.717, 1.165) is 16.1 Å². The van der Waals surface area contributed by atoms with Crippen LogP contribution in [-0.2, 0) is 0 Å². The fourth-order valence-corrected chi connectivity index (χ4v) is 3.26. The van der Waals surface area contributed by atoms with Crippen LogP contribution < -0.4 is 0 Å². The number of rotatable bonds is 3. The molecule has 1 heterocycles. The number of aryl methyl sites for hydroxylation is 1. The molecule has 1 aromatic carbocycles. The van der Waals surface area contributed by atoms with Crippen LogP contribution in [0.2, 0.25) is 0 Å². The van der Waals surface area contributed by atoms with Crippen LogP contribution in [0.5, 0.6) is 0 Å². The number of thiazole rings is 1. The maximum atomic E-state index is 10.4. The van der Waals surface area contributed by atoms with Gasteiger partial charge in [0.05, 0.1) is 16.1 Å². The molecule has 0 saturated heterocycles. The summed E-state index contributed by atoms with van der Waals surface area (Å²) in [6.45, 7) is 1.95. The van der Waals surface area contributed by atoms with Gasteiger partial charge in [-0.3, -0.25) is 0 Å². The third kappa shape index (κ3) is 2.08. The van der Waals surface area contributed by atoms with E-state index in [9.17, 15) is 5.11 Å². The minimum absolute atomic E-state index is 0.530. The van der Waals surface area contributed by atoms with Crippen molar-refractivity contribution in [1.82, 2.24) is 4.98 Å². The molecule has 0 aliphatic heterocycles. The predicted molar refractivity (Wildman–Crippen MR) is 73.9 cm³/mol. The summed E-state index contributed by atoms with van der Waals surface area (Å²) in [5.41, 5.74) is 5.09. The van der Waals surface area contributed by atoms with Crippen LogP contribution in [0.15, 0.2) is 29.8 Å². The molecule has 1 atom stereocenters. The van der Waals surface area contributed by atoms with E-state index in [1.165, 1.54) is 36.2 Å². The quantitative estimate of drug-likeness (QED) is 0.909. The second-order valence-electron chi connectivity index (χ2n) is 5.00. The zero-order chi connectivity index (χ0) is 12.5. The van der Waals surface area contributed by atoms with Gasteiger partial charge in [0.1, 0.15) is 6.10 Å². The highest BCUT2D eigenvalue weighted by Gasteiger charge is 2.21. The largest absolute Gasteiger partial charge is 0.383 e. The van der Waals surface area contributed by atoms with Crippen LogP contribution in [0.25, 0.3) is 0 Å². The van der Waals surface area contributed by atoms with Gasteiger partial charge in [-0.2, -0.15) is 0 Å². The number of aliphatic hydroxyl groups excluding tert-OH is 1. The van der Waals surface area contributed by atoms with Crippen molar-refractivity contribution in [3.63, 3.8) is 0 Å². The van der Waals surface area contributed by atoms with Crippen molar-refractivity contribution in [3.8, 4) is 0 Å². The number of benzene rings is 1. The summed E-state index contributed by atoms with van der Waals surface area (Å²) in [5, 5.41) is 10.4. The summed E-state index contributed by atoms with van der Waals surface area (Å²) in [7, 11) is 0. The maximum Gasteiger partial charge on any atom is 0.115 e. The van der Waals surface area contributed by atoms with Gasteiger partial charge >= 0.3 is 0 Å². The van der Waals surface area contributed by atoms with E-state index in [1.54, 1.807) is 5.51 Å². The molecule has 1 unspecified atom stereocenters. The SMILES string of the molecule is Cc1ncsc1C(O)c1cccc(C2CCC2)c1. The predicted octanol–water partition coefficient (Wildman–Crippen LogP) is 3.80. The highest BCUT2D eigenvalue weighted by Crippen LogP contribution is 2.37. The van der Waals surface area contributed by atoms with Crippen molar-refractivity contribution in [3.05, 3.63) is 51.5 Å². The molecule has 2 nitrogen and oxygen atoms in total. The van der Waals surface area contributed by atoms with E-state index in [1.807, 2.05) is 13.0 Å². The van der Waals surface area contributed by atoms with E-state index in [0.29, 0.717) is 5.92 Å². The van der Waals surface area contributed by atoms with Crippen LogP contribution in [-0.4, -0.2) is 10.1 Å². The molecule has 3 rings (SSSR count). The number of aliphatic hydroxyl groups is 1. The van der Waals surface area contributed by atoms with Gasteiger partial charge in [-0.25, -0.2) is 4.98 Å². The van der Waals surface area contributed by atoms with Gasteiger partial charge in [0.2, 0.25) is 0 Å². The Labute approximate surface area is 111 Å². The minimum Gasteiger partial charge on any atom is -0.383 e. The zero-order valence-corrected chi connectivity index (χ0v) is 11.3. The van der Waals surface area contributed by atoms with Gasteiger partial charge in [-0.15, -0.1) is 11.3 Å². The molecule has 1 fully saturated rings. The normalized spacial score (nSPS) is 17.4. The first-order valence-corrected chi connectivity index (χ1v) is 7.31. The fourth-order valence-electron chi connectivity index (χ4n) is 2.45. The van der Waals surface area contributed by atoms with Crippen LogP contribution in [0.1, 0.15) is 53.0 Å². The molecule has 0 bridgehead atoms. The maximum absolute atomic E-state index is 10.4.